The van der Waals surface area contributed by atoms with Gasteiger partial charge in [-0.05, 0) is 0 Å². The molecule has 0 spiro atoms. The number of aromatic nitrogens is 1. The lowest BCUT2D eigenvalue weighted by Gasteiger charge is -1.87. The number of rotatable bonds is 2. The number of nitrogens with zero attached hydrogens (tertiary/aromatic N) is 1. The highest BCUT2D eigenvalue weighted by Gasteiger charge is 2.10. The lowest BCUT2D eigenvalue weighted by atomic mass is 10.3. The maximum atomic E-state index is 8.61. The van der Waals surface area contributed by atoms with Crippen LogP contribution in [-0.2, 0) is 6.42 Å². The number of hydrogen-bond acceptors (Lipinski definition) is 3. The first-order valence-corrected chi connectivity index (χ1v) is 3.98. The normalized spacial score (nSPS) is 9.27. The van der Waals surface area contributed by atoms with Gasteiger partial charge in [-0.15, -0.1) is 0 Å². The zero-order chi connectivity index (χ0) is 7.56. The van der Waals surface area contributed by atoms with Gasteiger partial charge in [0.15, 0.2) is 0 Å². The van der Waals surface area contributed by atoms with Crippen molar-refractivity contribution < 1.29 is 26.8 Å². The molecular weight excluding hydrogens is 228 g/mol. The number of aliphatic hydroxyl groups excluding tert-OH is 1. The van der Waals surface area contributed by atoms with Crippen molar-refractivity contribution in [3.8, 4) is 0 Å². The number of nitrogens with two attached hydrogens (primary N) is 1. The van der Waals surface area contributed by atoms with Crippen LogP contribution in [0.15, 0.2) is 5.51 Å². The topological polar surface area (TPSA) is 50.1 Å². The predicted octanol–water partition coefficient (Wildman–Crippen LogP) is -3.40. The Balaban J connectivity index is 0.000001000. The summed E-state index contributed by atoms with van der Waals surface area (Å²) < 4.78 is 1.58. The van der Waals surface area contributed by atoms with Gasteiger partial charge >= 0.3 is 0 Å². The second kappa shape index (κ2) is 4.69. The van der Waals surface area contributed by atoms with E-state index in [-0.39, 0.29) is 23.6 Å². The van der Waals surface area contributed by atoms with Crippen LogP contribution in [0.3, 0.4) is 0 Å². The van der Waals surface area contributed by atoms with Crippen LogP contribution in [0.5, 0.6) is 0 Å². The highest BCUT2D eigenvalue weighted by molar-refractivity contribution is 7.09. The minimum absolute atomic E-state index is 0. The molecule has 64 valence electrons. The number of hydrogen-bond donors (Lipinski definition) is 2. The van der Waals surface area contributed by atoms with Crippen LogP contribution in [-0.4, -0.2) is 11.7 Å². The third-order valence-corrected chi connectivity index (χ3v) is 2.55. The van der Waals surface area contributed by atoms with E-state index in [2.05, 4.69) is 0 Å². The summed E-state index contributed by atoms with van der Waals surface area (Å²) in [7, 11) is 0. The SMILES string of the molecule is Cc1c(CCO)sc[n+]1N.[Br-]. The molecule has 5 heteroatoms. The molecule has 3 N–H and O–H groups in total. The van der Waals surface area contributed by atoms with Crippen molar-refractivity contribution in [3.05, 3.63) is 16.1 Å². The fourth-order valence-electron chi connectivity index (χ4n) is 0.770. The monoisotopic (exact) mass is 238 g/mol. The summed E-state index contributed by atoms with van der Waals surface area (Å²) in [5.41, 5.74) is 2.87. The molecule has 0 saturated carbocycles. The van der Waals surface area contributed by atoms with E-state index in [4.69, 9.17) is 10.9 Å². The molecule has 0 aliphatic carbocycles. The van der Waals surface area contributed by atoms with E-state index >= 15 is 0 Å². The number of nitrogen functional groups attached to an aromatic ring is 1. The smallest absolute Gasteiger partial charge is 0.254 e. The largest absolute Gasteiger partial charge is 1.00 e. The zero-order valence-electron chi connectivity index (χ0n) is 6.25. The maximum absolute atomic E-state index is 8.61. The molecule has 1 aromatic rings. The Morgan fingerprint density at radius 3 is 2.73 bits per heavy atom. The number of halogens is 1. The summed E-state index contributed by atoms with van der Waals surface area (Å²) in [6.45, 7) is 2.14. The van der Waals surface area contributed by atoms with Crippen molar-refractivity contribution in [2.75, 3.05) is 12.4 Å². The van der Waals surface area contributed by atoms with Crippen molar-refractivity contribution in [2.24, 2.45) is 0 Å². The van der Waals surface area contributed by atoms with Crippen LogP contribution in [0.2, 0.25) is 0 Å². The lowest BCUT2D eigenvalue weighted by Crippen LogP contribution is -3.00. The molecule has 0 aliphatic rings. The average molecular weight is 239 g/mol. The predicted molar refractivity (Wildman–Crippen MR) is 40.2 cm³/mol. The van der Waals surface area contributed by atoms with Gasteiger partial charge in [0.05, 0.1) is 4.88 Å². The Hall–Kier alpha value is -0.130. The fourth-order valence-corrected chi connectivity index (χ4v) is 1.65. The van der Waals surface area contributed by atoms with Gasteiger partial charge in [-0.3, -0.25) is 0 Å². The zero-order valence-corrected chi connectivity index (χ0v) is 8.65. The molecular formula is C6H11BrN2OS. The molecule has 0 unspecified atom stereocenters. The molecule has 0 bridgehead atoms. The fraction of sp³-hybridized carbons (Fsp3) is 0.500. The van der Waals surface area contributed by atoms with E-state index in [1.54, 1.807) is 16.0 Å². The van der Waals surface area contributed by atoms with Gasteiger partial charge in [0, 0.05) is 20.0 Å². The molecule has 0 saturated heterocycles. The third-order valence-electron chi connectivity index (χ3n) is 1.44. The Morgan fingerprint density at radius 1 is 1.73 bits per heavy atom. The number of thiazole rings is 1. The van der Waals surface area contributed by atoms with Crippen LogP contribution < -0.4 is 27.5 Å². The van der Waals surface area contributed by atoms with Crippen LogP contribution >= 0.6 is 11.3 Å². The molecule has 0 atom stereocenters. The third kappa shape index (κ3) is 2.43. The molecule has 3 nitrogen and oxygen atoms in total. The van der Waals surface area contributed by atoms with Gasteiger partial charge in [-0.25, -0.2) is 5.84 Å². The van der Waals surface area contributed by atoms with Gasteiger partial charge in [0.2, 0.25) is 5.69 Å². The van der Waals surface area contributed by atoms with Crippen molar-refractivity contribution >= 4 is 11.3 Å². The maximum Gasteiger partial charge on any atom is 0.254 e. The van der Waals surface area contributed by atoms with Gasteiger partial charge in [-0.1, -0.05) is 16.0 Å². The minimum atomic E-state index is 0. The van der Waals surface area contributed by atoms with Crippen LogP contribution in [0.4, 0.5) is 0 Å². The Kier molecular flexibility index (Phi) is 4.63. The Bertz CT molecular complexity index is 226. The molecule has 0 aliphatic heterocycles. The van der Waals surface area contributed by atoms with Crippen LogP contribution in [0.25, 0.3) is 0 Å². The second-order valence-corrected chi connectivity index (χ2v) is 3.05. The molecule has 0 aromatic carbocycles. The van der Waals surface area contributed by atoms with Crippen molar-refractivity contribution in [3.63, 3.8) is 0 Å². The summed E-state index contributed by atoms with van der Waals surface area (Å²) in [6, 6.07) is 0. The molecule has 1 rings (SSSR count). The minimum Gasteiger partial charge on any atom is -1.00 e. The molecule has 1 heterocycles. The van der Waals surface area contributed by atoms with Gasteiger partial charge in [0.25, 0.3) is 5.51 Å². The highest BCUT2D eigenvalue weighted by Crippen LogP contribution is 2.09. The first-order chi connectivity index (χ1) is 4.75. The molecule has 11 heavy (non-hydrogen) atoms. The van der Waals surface area contributed by atoms with E-state index in [9.17, 15) is 0 Å². The molecule has 0 radical (unpaired) electrons. The standard InChI is InChI=1S/C6H11N2OS.BrH/c1-5-6(2-3-9)10-4-8(5)7;/h4,9H,2-3,7H2,1H3;1H/q+1;/p-1. The van der Waals surface area contributed by atoms with E-state index in [0.717, 1.165) is 10.6 Å². The Labute approximate surface area is 80.2 Å². The quantitative estimate of drug-likeness (QED) is 0.417. The van der Waals surface area contributed by atoms with E-state index in [1.807, 2.05) is 12.4 Å². The van der Waals surface area contributed by atoms with Gasteiger partial charge < -0.3 is 22.1 Å². The first kappa shape index (κ1) is 10.9. The van der Waals surface area contributed by atoms with E-state index in [0.29, 0.717) is 6.42 Å². The van der Waals surface area contributed by atoms with Crippen LogP contribution in [0.1, 0.15) is 10.6 Å². The lowest BCUT2D eigenvalue weighted by molar-refractivity contribution is -0.640. The summed E-state index contributed by atoms with van der Waals surface area (Å²) in [5.74, 6) is 5.52. The molecule has 1 aromatic heterocycles. The molecule has 0 fully saturated rings. The van der Waals surface area contributed by atoms with Gasteiger partial charge in [0.1, 0.15) is 0 Å². The first-order valence-electron chi connectivity index (χ1n) is 3.10. The van der Waals surface area contributed by atoms with Crippen molar-refractivity contribution in [1.29, 1.82) is 0 Å². The second-order valence-electron chi connectivity index (χ2n) is 2.11. The van der Waals surface area contributed by atoms with Crippen LogP contribution in [0, 0.1) is 6.92 Å². The number of aliphatic hydroxyl groups is 1. The van der Waals surface area contributed by atoms with E-state index < -0.39 is 0 Å². The summed E-state index contributed by atoms with van der Waals surface area (Å²) in [4.78, 5) is 1.16. The van der Waals surface area contributed by atoms with E-state index in [1.165, 1.54) is 0 Å². The summed E-state index contributed by atoms with van der Waals surface area (Å²) in [6.07, 6.45) is 0.709. The van der Waals surface area contributed by atoms with Crippen molar-refractivity contribution in [1.82, 2.24) is 0 Å². The Morgan fingerprint density at radius 2 is 2.36 bits per heavy atom. The van der Waals surface area contributed by atoms with Gasteiger partial charge in [-0.2, -0.15) is 0 Å². The van der Waals surface area contributed by atoms with Crippen molar-refractivity contribution in [2.45, 2.75) is 13.3 Å². The summed E-state index contributed by atoms with van der Waals surface area (Å²) >= 11 is 1.58. The molecule has 0 amide bonds. The summed E-state index contributed by atoms with van der Waals surface area (Å²) in [5, 5.41) is 8.61. The average Bonchev–Trinajstić information content (AvgIpc) is 2.20. The highest BCUT2D eigenvalue weighted by atomic mass is 79.9.